The van der Waals surface area contributed by atoms with Crippen molar-refractivity contribution in [3.05, 3.63) is 0 Å². The quantitative estimate of drug-likeness (QED) is 0.358. The van der Waals surface area contributed by atoms with Crippen molar-refractivity contribution in [2.24, 2.45) is 17.8 Å². The van der Waals surface area contributed by atoms with Crippen LogP contribution in [0.2, 0.25) is 0 Å². The van der Waals surface area contributed by atoms with Crippen LogP contribution in [0, 0.1) is 17.8 Å². The van der Waals surface area contributed by atoms with Gasteiger partial charge in [-0.2, -0.15) is 0 Å². The lowest BCUT2D eigenvalue weighted by Crippen LogP contribution is -2.41. The molecule has 0 rings (SSSR count). The SMILES string of the molecule is CC(C)CNCCN(CCN(C)CC(C)C)CCN(P)CC(C)C. The van der Waals surface area contributed by atoms with Crippen LogP contribution in [-0.2, 0) is 0 Å². The summed E-state index contributed by atoms with van der Waals surface area (Å²) in [6, 6.07) is 0. The lowest BCUT2D eigenvalue weighted by molar-refractivity contribution is 0.203. The highest BCUT2D eigenvalue weighted by atomic mass is 31.0. The van der Waals surface area contributed by atoms with E-state index in [1.807, 2.05) is 0 Å². The van der Waals surface area contributed by atoms with E-state index in [2.05, 4.69) is 77.8 Å². The van der Waals surface area contributed by atoms with Gasteiger partial charge in [0.05, 0.1) is 0 Å². The molecule has 0 saturated heterocycles. The molecule has 0 aliphatic carbocycles. The van der Waals surface area contributed by atoms with E-state index in [9.17, 15) is 0 Å². The van der Waals surface area contributed by atoms with Gasteiger partial charge in [-0.1, -0.05) is 50.9 Å². The third kappa shape index (κ3) is 15.8. The topological polar surface area (TPSA) is 21.8 Å². The number of rotatable bonds is 15. The zero-order chi connectivity index (χ0) is 18.5. The van der Waals surface area contributed by atoms with Crippen molar-refractivity contribution in [3.63, 3.8) is 0 Å². The molecule has 0 aromatic heterocycles. The van der Waals surface area contributed by atoms with E-state index >= 15 is 0 Å². The van der Waals surface area contributed by atoms with E-state index in [1.54, 1.807) is 0 Å². The van der Waals surface area contributed by atoms with Crippen LogP contribution in [0.4, 0.5) is 0 Å². The van der Waals surface area contributed by atoms with E-state index in [1.165, 1.54) is 6.54 Å². The Hall–Kier alpha value is 0.270. The molecule has 1 N–H and O–H groups in total. The molecule has 0 radical (unpaired) electrons. The van der Waals surface area contributed by atoms with Gasteiger partial charge in [0.1, 0.15) is 0 Å². The van der Waals surface area contributed by atoms with E-state index in [0.29, 0.717) is 0 Å². The summed E-state index contributed by atoms with van der Waals surface area (Å²) in [7, 11) is 5.14. The predicted molar refractivity (Wildman–Crippen MR) is 113 cm³/mol. The van der Waals surface area contributed by atoms with Crippen molar-refractivity contribution in [2.45, 2.75) is 41.5 Å². The standard InChI is InChI=1S/C19H45N4P/c1-17(2)14-20-8-9-22(11-10-21(7)15-18(3)4)12-13-23(24)16-19(5)6/h17-20H,8-16,24H2,1-7H3. The molecule has 0 saturated carbocycles. The Morgan fingerprint density at radius 3 is 1.88 bits per heavy atom. The van der Waals surface area contributed by atoms with Crippen molar-refractivity contribution in [1.82, 2.24) is 19.8 Å². The second-order valence-electron chi connectivity index (χ2n) is 8.48. The Bertz CT molecular complexity index is 265. The fraction of sp³-hybridized carbons (Fsp3) is 1.00. The normalized spacial score (nSPS) is 12.8. The highest BCUT2D eigenvalue weighted by Crippen LogP contribution is 2.05. The molecule has 0 spiro atoms. The molecule has 0 bridgehead atoms. The summed E-state index contributed by atoms with van der Waals surface area (Å²) in [5.74, 6) is 2.19. The van der Waals surface area contributed by atoms with Crippen LogP contribution in [0.5, 0.6) is 0 Å². The number of nitrogens with one attached hydrogen (secondary N) is 1. The molecule has 146 valence electrons. The van der Waals surface area contributed by atoms with Gasteiger partial charge in [-0.15, -0.1) is 0 Å². The largest absolute Gasteiger partial charge is 0.315 e. The van der Waals surface area contributed by atoms with Gasteiger partial charge >= 0.3 is 0 Å². The average molecular weight is 361 g/mol. The summed E-state index contributed by atoms with van der Waals surface area (Å²) in [5, 5.41) is 3.58. The predicted octanol–water partition coefficient (Wildman–Crippen LogP) is 2.87. The molecule has 1 atom stereocenters. The molecule has 24 heavy (non-hydrogen) atoms. The first-order valence-corrected chi connectivity index (χ1v) is 10.3. The highest BCUT2D eigenvalue weighted by molar-refractivity contribution is 7.13. The van der Waals surface area contributed by atoms with Crippen molar-refractivity contribution >= 4 is 9.39 Å². The molecule has 1 unspecified atom stereocenters. The van der Waals surface area contributed by atoms with Crippen LogP contribution in [0.25, 0.3) is 0 Å². The van der Waals surface area contributed by atoms with Crippen LogP contribution in [0.1, 0.15) is 41.5 Å². The number of likely N-dealkylation sites (N-methyl/N-ethyl adjacent to an activating group) is 1. The first-order valence-electron chi connectivity index (χ1n) is 9.81. The van der Waals surface area contributed by atoms with Gasteiger partial charge in [-0.3, -0.25) is 9.57 Å². The monoisotopic (exact) mass is 360 g/mol. The molecule has 0 aliphatic rings. The first-order chi connectivity index (χ1) is 11.2. The van der Waals surface area contributed by atoms with E-state index < -0.39 is 0 Å². The summed E-state index contributed by atoms with van der Waals surface area (Å²) in [4.78, 5) is 5.08. The Kier molecular flexibility index (Phi) is 14.6. The Balaban J connectivity index is 4.21. The molecule has 0 fully saturated rings. The summed E-state index contributed by atoms with van der Waals surface area (Å²) < 4.78 is 2.39. The third-order valence-electron chi connectivity index (χ3n) is 3.94. The molecule has 0 aromatic rings. The van der Waals surface area contributed by atoms with Gasteiger partial charge < -0.3 is 10.2 Å². The second kappa shape index (κ2) is 14.4. The molecule has 0 aromatic carbocycles. The molecular formula is C19H45N4P. The second-order valence-corrected chi connectivity index (χ2v) is 9.21. The summed E-state index contributed by atoms with van der Waals surface area (Å²) in [5.41, 5.74) is 0. The minimum absolute atomic E-state index is 0.723. The zero-order valence-corrected chi connectivity index (χ0v) is 18.7. The maximum atomic E-state index is 3.58. The van der Waals surface area contributed by atoms with Crippen LogP contribution in [-0.4, -0.2) is 80.4 Å². The maximum absolute atomic E-state index is 3.58. The fourth-order valence-corrected chi connectivity index (χ4v) is 3.36. The molecule has 0 aliphatic heterocycles. The smallest absolute Gasteiger partial charge is 0.0144 e. The number of nitrogens with zero attached hydrogens (tertiary/aromatic N) is 3. The number of hydrogen-bond donors (Lipinski definition) is 1. The van der Waals surface area contributed by atoms with Gasteiger partial charge in [0.15, 0.2) is 0 Å². The van der Waals surface area contributed by atoms with E-state index in [-0.39, 0.29) is 0 Å². The minimum Gasteiger partial charge on any atom is -0.315 e. The highest BCUT2D eigenvalue weighted by Gasteiger charge is 2.10. The zero-order valence-electron chi connectivity index (χ0n) is 17.5. The van der Waals surface area contributed by atoms with Crippen LogP contribution in [0.15, 0.2) is 0 Å². The van der Waals surface area contributed by atoms with Crippen molar-refractivity contribution < 1.29 is 0 Å². The molecule has 0 heterocycles. The summed E-state index contributed by atoms with van der Waals surface area (Å²) in [6.45, 7) is 24.0. The van der Waals surface area contributed by atoms with Gasteiger partial charge in [0.2, 0.25) is 0 Å². The third-order valence-corrected chi connectivity index (χ3v) is 4.40. The Morgan fingerprint density at radius 2 is 1.33 bits per heavy atom. The van der Waals surface area contributed by atoms with Crippen molar-refractivity contribution in [3.8, 4) is 0 Å². The lowest BCUT2D eigenvalue weighted by Gasteiger charge is -2.28. The van der Waals surface area contributed by atoms with Gasteiger partial charge in [0.25, 0.3) is 0 Å². The van der Waals surface area contributed by atoms with Gasteiger partial charge in [0, 0.05) is 52.4 Å². The average Bonchev–Trinajstić information content (AvgIpc) is 2.43. The van der Waals surface area contributed by atoms with Gasteiger partial charge in [-0.05, 0) is 31.3 Å². The Morgan fingerprint density at radius 1 is 0.750 bits per heavy atom. The maximum Gasteiger partial charge on any atom is 0.0144 e. The van der Waals surface area contributed by atoms with Crippen LogP contribution in [0.3, 0.4) is 0 Å². The molecule has 0 amide bonds. The minimum atomic E-state index is 0.723. The van der Waals surface area contributed by atoms with Gasteiger partial charge in [-0.25, -0.2) is 0 Å². The molecule has 4 nitrogen and oxygen atoms in total. The van der Waals surface area contributed by atoms with E-state index in [4.69, 9.17) is 0 Å². The van der Waals surface area contributed by atoms with Crippen molar-refractivity contribution in [1.29, 1.82) is 0 Å². The van der Waals surface area contributed by atoms with Crippen LogP contribution < -0.4 is 5.32 Å². The lowest BCUT2D eigenvalue weighted by atomic mass is 10.2. The fourth-order valence-electron chi connectivity index (χ4n) is 2.82. The summed E-state index contributed by atoms with van der Waals surface area (Å²) in [6.07, 6.45) is 0. The first kappa shape index (κ1) is 24.3. The molecule has 5 heteroatoms. The summed E-state index contributed by atoms with van der Waals surface area (Å²) >= 11 is 0. The Labute approximate surface area is 155 Å². The van der Waals surface area contributed by atoms with Crippen molar-refractivity contribution in [2.75, 3.05) is 66.0 Å². The number of hydrogen-bond acceptors (Lipinski definition) is 4. The molecular weight excluding hydrogens is 315 g/mol. The van der Waals surface area contributed by atoms with E-state index in [0.717, 1.165) is 70.1 Å². The van der Waals surface area contributed by atoms with Crippen LogP contribution >= 0.6 is 9.39 Å².